The summed E-state index contributed by atoms with van der Waals surface area (Å²) >= 11 is 0. The number of aryl methyl sites for hydroxylation is 3. The molecule has 1 fully saturated rings. The molecule has 1 aliphatic rings. The second kappa shape index (κ2) is 10.2. The summed E-state index contributed by atoms with van der Waals surface area (Å²) in [5, 5.41) is 2.67. The van der Waals surface area contributed by atoms with Crippen molar-refractivity contribution in [3.8, 4) is 0 Å². The lowest BCUT2D eigenvalue weighted by Gasteiger charge is -2.26. The van der Waals surface area contributed by atoms with Crippen molar-refractivity contribution in [2.24, 2.45) is 0 Å². The third kappa shape index (κ3) is 5.50. The topological polar surface area (TPSA) is 61.4 Å². The minimum Gasteiger partial charge on any atom is -0.354 e. The van der Waals surface area contributed by atoms with Gasteiger partial charge < -0.3 is 15.1 Å². The number of benzene rings is 2. The molecule has 8 heteroatoms. The summed E-state index contributed by atoms with van der Waals surface area (Å²) in [5.74, 6) is -0.304. The van der Waals surface area contributed by atoms with Crippen LogP contribution in [0.3, 0.4) is 0 Å². The van der Waals surface area contributed by atoms with Crippen LogP contribution in [0.15, 0.2) is 42.5 Å². The van der Waals surface area contributed by atoms with Crippen LogP contribution in [0, 0.1) is 32.4 Å². The number of carbonyl (C=O) groups is 1. The Morgan fingerprint density at radius 3 is 2.44 bits per heavy atom. The van der Waals surface area contributed by atoms with E-state index in [4.69, 9.17) is 4.98 Å². The fourth-order valence-corrected chi connectivity index (χ4v) is 4.21. The van der Waals surface area contributed by atoms with Crippen LogP contribution in [0.25, 0.3) is 0 Å². The van der Waals surface area contributed by atoms with Crippen LogP contribution in [0.1, 0.15) is 34.6 Å². The second-order valence-corrected chi connectivity index (χ2v) is 8.71. The lowest BCUT2D eigenvalue weighted by Crippen LogP contribution is -2.38. The van der Waals surface area contributed by atoms with Gasteiger partial charge in [-0.3, -0.25) is 0 Å². The Labute approximate surface area is 198 Å². The number of amides is 2. The van der Waals surface area contributed by atoms with Gasteiger partial charge in [-0.1, -0.05) is 29.8 Å². The van der Waals surface area contributed by atoms with E-state index < -0.39 is 11.6 Å². The van der Waals surface area contributed by atoms with Crippen molar-refractivity contribution in [1.29, 1.82) is 0 Å². The van der Waals surface area contributed by atoms with Crippen LogP contribution in [0.4, 0.5) is 25.1 Å². The van der Waals surface area contributed by atoms with Gasteiger partial charge in [0, 0.05) is 55.6 Å². The summed E-state index contributed by atoms with van der Waals surface area (Å²) in [6.07, 6.45) is 1.50. The Morgan fingerprint density at radius 1 is 0.941 bits per heavy atom. The summed E-state index contributed by atoms with van der Waals surface area (Å²) in [4.78, 5) is 26.1. The van der Waals surface area contributed by atoms with Crippen LogP contribution in [0.2, 0.25) is 0 Å². The highest BCUT2D eigenvalue weighted by Gasteiger charge is 2.23. The fourth-order valence-electron chi connectivity index (χ4n) is 4.21. The Kier molecular flexibility index (Phi) is 7.05. The van der Waals surface area contributed by atoms with E-state index in [2.05, 4.69) is 46.4 Å². The van der Waals surface area contributed by atoms with Crippen LogP contribution >= 0.6 is 0 Å². The van der Waals surface area contributed by atoms with E-state index >= 15 is 0 Å². The molecule has 0 bridgehead atoms. The summed E-state index contributed by atoms with van der Waals surface area (Å²) in [6, 6.07) is 11.5. The normalized spacial score (nSPS) is 14.1. The van der Waals surface area contributed by atoms with Gasteiger partial charge in [-0.05, 0) is 44.9 Å². The molecule has 4 rings (SSSR count). The molecule has 34 heavy (non-hydrogen) atoms. The number of urea groups is 1. The molecule has 0 radical (unpaired) electrons. The first-order chi connectivity index (χ1) is 16.3. The number of halogens is 2. The van der Waals surface area contributed by atoms with Crippen molar-refractivity contribution in [2.75, 3.05) is 36.4 Å². The molecular weight excluding hydrogens is 436 g/mol. The van der Waals surface area contributed by atoms with Gasteiger partial charge in [-0.25, -0.2) is 23.5 Å². The van der Waals surface area contributed by atoms with Gasteiger partial charge in [0.15, 0.2) is 11.6 Å². The van der Waals surface area contributed by atoms with Gasteiger partial charge >= 0.3 is 6.03 Å². The highest BCUT2D eigenvalue weighted by Crippen LogP contribution is 2.25. The predicted octanol–water partition coefficient (Wildman–Crippen LogP) is 5.02. The molecule has 0 unspecified atom stereocenters. The number of nitrogens with zero attached hydrogens (tertiary/aromatic N) is 4. The van der Waals surface area contributed by atoms with Gasteiger partial charge in [0.2, 0.25) is 0 Å². The Bertz CT molecular complexity index is 1180. The van der Waals surface area contributed by atoms with E-state index in [0.29, 0.717) is 19.6 Å². The summed E-state index contributed by atoms with van der Waals surface area (Å²) in [7, 11) is 0. The maximum Gasteiger partial charge on any atom is 0.321 e. The highest BCUT2D eigenvalue weighted by molar-refractivity contribution is 5.89. The smallest absolute Gasteiger partial charge is 0.321 e. The Morgan fingerprint density at radius 2 is 1.71 bits per heavy atom. The first kappa shape index (κ1) is 23.6. The zero-order chi connectivity index (χ0) is 24.2. The average molecular weight is 466 g/mol. The minimum atomic E-state index is -0.990. The van der Waals surface area contributed by atoms with Gasteiger partial charge in [0.05, 0.1) is 0 Å². The average Bonchev–Trinajstić information content (AvgIpc) is 3.06. The van der Waals surface area contributed by atoms with Gasteiger partial charge in [-0.2, -0.15) is 0 Å². The number of rotatable bonds is 4. The van der Waals surface area contributed by atoms with E-state index in [0.717, 1.165) is 54.4 Å². The van der Waals surface area contributed by atoms with E-state index in [-0.39, 0.29) is 11.7 Å². The number of carbonyl (C=O) groups excluding carboxylic acids is 1. The molecule has 2 aromatic carbocycles. The number of hydrogen-bond acceptors (Lipinski definition) is 4. The molecular formula is C26H29F2N5O. The Balaban J connectivity index is 1.49. The third-order valence-corrected chi connectivity index (χ3v) is 6.06. The fraction of sp³-hybridized carbons (Fsp3) is 0.346. The van der Waals surface area contributed by atoms with E-state index in [9.17, 15) is 13.6 Å². The number of hydrogen-bond donors (Lipinski definition) is 1. The molecule has 2 amide bonds. The maximum absolute atomic E-state index is 13.5. The van der Waals surface area contributed by atoms with E-state index in [1.54, 1.807) is 4.90 Å². The molecule has 1 aromatic heterocycles. The van der Waals surface area contributed by atoms with Crippen LogP contribution in [0.5, 0.6) is 0 Å². The molecule has 1 N–H and O–H groups in total. The lowest BCUT2D eigenvalue weighted by molar-refractivity contribution is 0.215. The number of nitrogens with one attached hydrogen (secondary N) is 1. The molecule has 0 spiro atoms. The van der Waals surface area contributed by atoms with Crippen molar-refractivity contribution < 1.29 is 13.6 Å². The molecule has 6 nitrogen and oxygen atoms in total. The molecule has 2 heterocycles. The maximum atomic E-state index is 13.5. The molecule has 0 atom stereocenters. The highest BCUT2D eigenvalue weighted by atomic mass is 19.2. The standard InChI is InChI=1S/C26H29F2N5O/c1-17-5-7-20(8-6-17)15-22-18(2)29-19(3)30-25(22)32-11-4-12-33(14-13-32)26(34)31-21-9-10-23(27)24(28)16-21/h5-10,16H,4,11-15H2,1-3H3,(H,31,34). The van der Waals surface area contributed by atoms with Crippen molar-refractivity contribution in [1.82, 2.24) is 14.9 Å². The first-order valence-corrected chi connectivity index (χ1v) is 11.5. The van der Waals surface area contributed by atoms with Gasteiger partial charge in [0.1, 0.15) is 11.6 Å². The predicted molar refractivity (Wildman–Crippen MR) is 129 cm³/mol. The van der Waals surface area contributed by atoms with Gasteiger partial charge in [0.25, 0.3) is 0 Å². The quantitative estimate of drug-likeness (QED) is 0.588. The molecule has 0 aliphatic carbocycles. The third-order valence-electron chi connectivity index (χ3n) is 6.06. The zero-order valence-corrected chi connectivity index (χ0v) is 19.7. The van der Waals surface area contributed by atoms with Crippen molar-refractivity contribution in [2.45, 2.75) is 33.6 Å². The SMILES string of the molecule is Cc1ccc(Cc2c(C)nc(C)nc2N2CCCN(C(=O)Nc3ccc(F)c(F)c3)CC2)cc1. The summed E-state index contributed by atoms with van der Waals surface area (Å²) in [6.45, 7) is 8.39. The van der Waals surface area contributed by atoms with E-state index in [1.807, 2.05) is 13.8 Å². The minimum absolute atomic E-state index is 0.229. The molecule has 178 valence electrons. The summed E-state index contributed by atoms with van der Waals surface area (Å²) < 4.78 is 26.7. The van der Waals surface area contributed by atoms with Crippen molar-refractivity contribution >= 4 is 17.5 Å². The second-order valence-electron chi connectivity index (χ2n) is 8.71. The van der Waals surface area contributed by atoms with Crippen molar-refractivity contribution in [3.63, 3.8) is 0 Å². The first-order valence-electron chi connectivity index (χ1n) is 11.5. The van der Waals surface area contributed by atoms with Crippen LogP contribution in [-0.2, 0) is 6.42 Å². The van der Waals surface area contributed by atoms with Gasteiger partial charge in [-0.15, -0.1) is 0 Å². The largest absolute Gasteiger partial charge is 0.354 e. The Hall–Kier alpha value is -3.55. The molecule has 3 aromatic rings. The van der Waals surface area contributed by atoms with Crippen LogP contribution in [-0.4, -0.2) is 47.1 Å². The van der Waals surface area contributed by atoms with Crippen LogP contribution < -0.4 is 10.2 Å². The molecule has 1 aliphatic heterocycles. The summed E-state index contributed by atoms with van der Waals surface area (Å²) in [5.41, 5.74) is 4.70. The number of anilines is 2. The molecule has 0 saturated carbocycles. The lowest BCUT2D eigenvalue weighted by atomic mass is 10.0. The van der Waals surface area contributed by atoms with Crippen molar-refractivity contribution in [3.05, 3.63) is 82.3 Å². The van der Waals surface area contributed by atoms with E-state index in [1.165, 1.54) is 17.2 Å². The zero-order valence-electron chi connectivity index (χ0n) is 19.7. The molecule has 1 saturated heterocycles. The monoisotopic (exact) mass is 465 g/mol. The number of aromatic nitrogens is 2.